The molecule has 2 heterocycles. The lowest BCUT2D eigenvalue weighted by molar-refractivity contribution is -0.126. The molecule has 3 rings (SSSR count). The second kappa shape index (κ2) is 6.57. The zero-order valence-corrected chi connectivity index (χ0v) is 14.0. The van der Waals surface area contributed by atoms with Gasteiger partial charge >= 0.3 is 0 Å². The van der Waals surface area contributed by atoms with Crippen LogP contribution in [0.2, 0.25) is 0 Å². The molecule has 0 bridgehead atoms. The summed E-state index contributed by atoms with van der Waals surface area (Å²) < 4.78 is 1.60. The van der Waals surface area contributed by atoms with E-state index < -0.39 is 5.60 Å². The van der Waals surface area contributed by atoms with Crippen LogP contribution in [-0.2, 0) is 11.3 Å². The van der Waals surface area contributed by atoms with Gasteiger partial charge in [0, 0.05) is 18.8 Å². The summed E-state index contributed by atoms with van der Waals surface area (Å²) >= 11 is 0. The molecule has 1 fully saturated rings. The van der Waals surface area contributed by atoms with Gasteiger partial charge in [0.25, 0.3) is 0 Å². The lowest BCUT2D eigenvalue weighted by Gasteiger charge is -2.22. The Morgan fingerprint density at radius 3 is 2.92 bits per heavy atom. The van der Waals surface area contributed by atoms with Crippen LogP contribution < -0.4 is 0 Å². The Bertz CT molecular complexity index is 754. The number of benzene rings is 1. The molecule has 0 aliphatic carbocycles. The smallest absolute Gasteiger partial charge is 0.246 e. The van der Waals surface area contributed by atoms with Gasteiger partial charge in [-0.05, 0) is 37.0 Å². The first-order valence-corrected chi connectivity index (χ1v) is 8.07. The van der Waals surface area contributed by atoms with E-state index in [4.69, 9.17) is 0 Å². The third-order valence-electron chi connectivity index (χ3n) is 4.48. The van der Waals surface area contributed by atoms with Crippen molar-refractivity contribution in [3.63, 3.8) is 0 Å². The summed E-state index contributed by atoms with van der Waals surface area (Å²) in [5.41, 5.74) is 2.20. The lowest BCUT2D eigenvalue weighted by Crippen LogP contribution is -2.39. The number of nitrogens with zero attached hydrogens (tertiary/aromatic N) is 4. The average molecular weight is 326 g/mol. The van der Waals surface area contributed by atoms with Crippen molar-refractivity contribution in [2.45, 2.75) is 32.4 Å². The van der Waals surface area contributed by atoms with Crippen molar-refractivity contribution in [1.82, 2.24) is 19.9 Å². The van der Waals surface area contributed by atoms with Crippen LogP contribution in [0.1, 0.15) is 24.5 Å². The number of hydrogen-bond donors (Lipinski definition) is 1. The quantitative estimate of drug-likeness (QED) is 0.867. The molecule has 126 valence electrons. The topological polar surface area (TPSA) is 71.2 Å². The molecule has 6 heteroatoms. The maximum atomic E-state index is 12.5. The summed E-state index contributed by atoms with van der Waals surface area (Å²) in [6.45, 7) is 5.17. The summed E-state index contributed by atoms with van der Waals surface area (Å²) in [6.07, 6.45) is 5.49. The largest absolute Gasteiger partial charge is 0.386 e. The first kappa shape index (κ1) is 16.4. The van der Waals surface area contributed by atoms with Crippen molar-refractivity contribution < 1.29 is 9.90 Å². The number of likely N-dealkylation sites (tertiary alicyclic amines) is 1. The molecular formula is C18H22N4O2. The predicted octanol–water partition coefficient (Wildman–Crippen LogP) is 1.65. The van der Waals surface area contributed by atoms with Crippen LogP contribution in [0.25, 0.3) is 5.57 Å². The van der Waals surface area contributed by atoms with E-state index >= 15 is 0 Å². The predicted molar refractivity (Wildman–Crippen MR) is 91.0 cm³/mol. The van der Waals surface area contributed by atoms with Gasteiger partial charge < -0.3 is 10.0 Å². The minimum atomic E-state index is -0.951. The molecule has 1 unspecified atom stereocenters. The number of aliphatic hydroxyl groups is 1. The van der Waals surface area contributed by atoms with Gasteiger partial charge in [-0.3, -0.25) is 4.79 Å². The zero-order chi connectivity index (χ0) is 17.2. The van der Waals surface area contributed by atoms with Crippen molar-refractivity contribution in [2.24, 2.45) is 0 Å². The summed E-state index contributed by atoms with van der Waals surface area (Å²) in [4.78, 5) is 14.2. The Kier molecular flexibility index (Phi) is 4.49. The van der Waals surface area contributed by atoms with E-state index in [2.05, 4.69) is 10.3 Å². The number of allylic oxidation sites excluding steroid dienone is 1. The summed E-state index contributed by atoms with van der Waals surface area (Å²) in [5.74, 6) is -0.0646. The molecule has 2 aromatic rings. The van der Waals surface area contributed by atoms with Gasteiger partial charge in [0.2, 0.25) is 5.91 Å². The van der Waals surface area contributed by atoms with Crippen LogP contribution >= 0.6 is 0 Å². The minimum absolute atomic E-state index is 0.0646. The Morgan fingerprint density at radius 1 is 1.42 bits per heavy atom. The number of β-amino-alcohol motifs (C(OH)–C–C–N with tert-alkyl or cyclic N) is 1. The van der Waals surface area contributed by atoms with Crippen molar-refractivity contribution >= 4 is 11.5 Å². The molecule has 0 spiro atoms. The number of carbonyl (C=O) groups is 1. The monoisotopic (exact) mass is 326 g/mol. The number of hydrogen-bond acceptors (Lipinski definition) is 4. The van der Waals surface area contributed by atoms with Gasteiger partial charge in [0.15, 0.2) is 0 Å². The Morgan fingerprint density at radius 2 is 2.21 bits per heavy atom. The average Bonchev–Trinajstić information content (AvgIpc) is 3.17. The van der Waals surface area contributed by atoms with Crippen LogP contribution in [0.4, 0.5) is 0 Å². The van der Waals surface area contributed by atoms with Crippen molar-refractivity contribution in [2.75, 3.05) is 13.1 Å². The molecule has 6 nitrogen and oxygen atoms in total. The highest BCUT2D eigenvalue weighted by atomic mass is 16.3. The van der Waals surface area contributed by atoms with Crippen molar-refractivity contribution in [3.8, 4) is 0 Å². The highest BCUT2D eigenvalue weighted by Gasteiger charge is 2.38. The molecule has 1 amide bonds. The molecule has 1 N–H and O–H groups in total. The summed E-state index contributed by atoms with van der Waals surface area (Å²) in [5, 5.41) is 18.3. The van der Waals surface area contributed by atoms with Crippen LogP contribution in [-0.4, -0.2) is 49.6 Å². The molecule has 1 saturated heterocycles. The van der Waals surface area contributed by atoms with Gasteiger partial charge in [0.1, 0.15) is 5.60 Å². The van der Waals surface area contributed by atoms with Gasteiger partial charge in [-0.1, -0.05) is 29.5 Å². The molecule has 1 atom stereocenters. The van der Waals surface area contributed by atoms with E-state index in [1.54, 1.807) is 28.1 Å². The normalized spacial score (nSPS) is 21.3. The molecule has 0 radical (unpaired) electrons. The third kappa shape index (κ3) is 3.54. The summed E-state index contributed by atoms with van der Waals surface area (Å²) in [7, 11) is 0. The Labute approximate surface area is 141 Å². The van der Waals surface area contributed by atoms with E-state index in [0.717, 1.165) is 16.7 Å². The fourth-order valence-electron chi connectivity index (χ4n) is 3.16. The lowest BCUT2D eigenvalue weighted by atomic mass is 10.0. The van der Waals surface area contributed by atoms with Crippen LogP contribution in [0, 0.1) is 6.92 Å². The number of amides is 1. The molecule has 1 aromatic carbocycles. The van der Waals surface area contributed by atoms with Crippen molar-refractivity contribution in [1.29, 1.82) is 0 Å². The molecule has 1 aromatic heterocycles. The zero-order valence-electron chi connectivity index (χ0n) is 14.0. The van der Waals surface area contributed by atoms with Gasteiger partial charge in [0.05, 0.1) is 19.3 Å². The molecular weight excluding hydrogens is 304 g/mol. The third-order valence-corrected chi connectivity index (χ3v) is 4.48. The maximum Gasteiger partial charge on any atom is 0.246 e. The molecule has 1 aliphatic rings. The SMILES string of the molecule is C/C(=C\C(=O)N1CCC(O)(Cn2ccnn2)C1)c1ccccc1C. The van der Waals surface area contributed by atoms with E-state index in [1.165, 1.54) is 0 Å². The summed E-state index contributed by atoms with van der Waals surface area (Å²) in [6, 6.07) is 8.00. The molecule has 24 heavy (non-hydrogen) atoms. The number of rotatable bonds is 4. The van der Waals surface area contributed by atoms with Gasteiger partial charge in [-0.2, -0.15) is 0 Å². The Balaban J connectivity index is 1.68. The fraction of sp³-hybridized carbons (Fsp3) is 0.389. The molecule has 0 saturated carbocycles. The van der Waals surface area contributed by atoms with Crippen molar-refractivity contribution in [3.05, 3.63) is 53.9 Å². The molecule has 1 aliphatic heterocycles. The van der Waals surface area contributed by atoms with E-state index in [9.17, 15) is 9.90 Å². The second-order valence-electron chi connectivity index (χ2n) is 6.48. The highest BCUT2D eigenvalue weighted by molar-refractivity contribution is 5.95. The first-order chi connectivity index (χ1) is 11.5. The van der Waals surface area contributed by atoms with Crippen LogP contribution in [0.15, 0.2) is 42.7 Å². The van der Waals surface area contributed by atoms with Crippen LogP contribution in [0.5, 0.6) is 0 Å². The van der Waals surface area contributed by atoms with Crippen LogP contribution in [0.3, 0.4) is 0 Å². The second-order valence-corrected chi connectivity index (χ2v) is 6.48. The standard InChI is InChI=1S/C18H22N4O2/c1-14-5-3-4-6-16(14)15(2)11-17(23)21-9-7-18(24,12-21)13-22-10-8-19-20-22/h3-6,8,10-11,24H,7,9,12-13H2,1-2H3/b15-11+. The highest BCUT2D eigenvalue weighted by Crippen LogP contribution is 2.24. The minimum Gasteiger partial charge on any atom is -0.386 e. The maximum absolute atomic E-state index is 12.5. The van der Waals surface area contributed by atoms with Gasteiger partial charge in [-0.25, -0.2) is 4.68 Å². The number of aromatic nitrogens is 3. The fourth-order valence-corrected chi connectivity index (χ4v) is 3.16. The van der Waals surface area contributed by atoms with E-state index in [0.29, 0.717) is 26.1 Å². The van der Waals surface area contributed by atoms with Gasteiger partial charge in [-0.15, -0.1) is 5.10 Å². The number of carbonyl (C=O) groups excluding carboxylic acids is 1. The first-order valence-electron chi connectivity index (χ1n) is 8.07. The van der Waals surface area contributed by atoms with E-state index in [1.807, 2.05) is 38.1 Å². The number of aryl methyl sites for hydroxylation is 1. The Hall–Kier alpha value is -2.47. The van der Waals surface area contributed by atoms with E-state index in [-0.39, 0.29) is 5.91 Å².